The molecule has 4 nitrogen and oxygen atoms in total. The first kappa shape index (κ1) is 15.8. The fourth-order valence-corrected chi connectivity index (χ4v) is 2.08. The van der Waals surface area contributed by atoms with Gasteiger partial charge in [0.15, 0.2) is 11.6 Å². The zero-order valence-electron chi connectivity index (χ0n) is 11.7. The van der Waals surface area contributed by atoms with Crippen LogP contribution >= 0.6 is 23.2 Å². The van der Waals surface area contributed by atoms with Crippen LogP contribution in [-0.2, 0) is 0 Å². The lowest BCUT2D eigenvalue weighted by molar-refractivity contribution is 0.619. The van der Waals surface area contributed by atoms with Crippen LogP contribution < -0.4 is 10.6 Å². The number of nitrogens with zero attached hydrogens (tertiary/aromatic N) is 2. The number of nitrogens with one attached hydrogen (secondary N) is 2. The number of hydrogen-bond donors (Lipinski definition) is 2. The van der Waals surface area contributed by atoms with Gasteiger partial charge >= 0.3 is 0 Å². The molecule has 7 heteroatoms. The Kier molecular flexibility index (Phi) is 5.20. The minimum Gasteiger partial charge on any atom is -0.354 e. The minimum absolute atomic E-state index is 0.0467. The summed E-state index contributed by atoms with van der Waals surface area (Å²) in [6, 6.07) is 3.35. The van der Waals surface area contributed by atoms with E-state index in [1.54, 1.807) is 12.1 Å². The molecule has 0 amide bonds. The van der Waals surface area contributed by atoms with Gasteiger partial charge < -0.3 is 10.6 Å². The van der Waals surface area contributed by atoms with Gasteiger partial charge in [0.2, 0.25) is 5.95 Å². The molecule has 0 aliphatic rings. The maximum absolute atomic E-state index is 13.8. The van der Waals surface area contributed by atoms with Crippen LogP contribution in [0.25, 0.3) is 0 Å². The van der Waals surface area contributed by atoms with Crippen LogP contribution in [0.1, 0.15) is 18.9 Å². The zero-order valence-corrected chi connectivity index (χ0v) is 13.2. The van der Waals surface area contributed by atoms with Crippen LogP contribution in [0.2, 0.25) is 10.0 Å². The molecule has 0 fully saturated rings. The van der Waals surface area contributed by atoms with Gasteiger partial charge in [0.1, 0.15) is 0 Å². The summed E-state index contributed by atoms with van der Waals surface area (Å²) in [5.41, 5.74) is 1.34. The van der Waals surface area contributed by atoms with Gasteiger partial charge in [-0.1, -0.05) is 30.1 Å². The highest BCUT2D eigenvalue weighted by Crippen LogP contribution is 2.31. The summed E-state index contributed by atoms with van der Waals surface area (Å²) in [6.07, 6.45) is 2.03. The van der Waals surface area contributed by atoms with Crippen LogP contribution in [0.5, 0.6) is 0 Å². The SMILES string of the molecule is CCCNc1ncc(F)c(Nc2cc(Cl)c(C)cc2Cl)n1. The van der Waals surface area contributed by atoms with Crippen molar-refractivity contribution in [2.45, 2.75) is 20.3 Å². The fourth-order valence-electron chi connectivity index (χ4n) is 1.65. The fraction of sp³-hybridized carbons (Fsp3) is 0.286. The maximum Gasteiger partial charge on any atom is 0.224 e. The Bertz CT molecular complexity index is 649. The third-order valence-electron chi connectivity index (χ3n) is 2.78. The van der Waals surface area contributed by atoms with Crippen molar-refractivity contribution in [3.8, 4) is 0 Å². The van der Waals surface area contributed by atoms with E-state index in [0.717, 1.165) is 18.2 Å². The molecule has 0 unspecified atom stereocenters. The average molecular weight is 329 g/mol. The minimum atomic E-state index is -0.565. The molecule has 1 heterocycles. The van der Waals surface area contributed by atoms with Gasteiger partial charge in [-0.2, -0.15) is 4.98 Å². The lowest BCUT2D eigenvalue weighted by Crippen LogP contribution is -2.07. The van der Waals surface area contributed by atoms with Crippen LogP contribution in [0.4, 0.5) is 21.8 Å². The van der Waals surface area contributed by atoms with Crippen molar-refractivity contribution < 1.29 is 4.39 Å². The molecule has 112 valence electrons. The quantitative estimate of drug-likeness (QED) is 0.827. The van der Waals surface area contributed by atoms with Crippen LogP contribution in [0.3, 0.4) is 0 Å². The molecule has 2 aromatic rings. The number of aryl methyl sites for hydroxylation is 1. The number of anilines is 3. The number of aromatic nitrogens is 2. The first-order chi connectivity index (χ1) is 10.0. The summed E-state index contributed by atoms with van der Waals surface area (Å²) in [7, 11) is 0. The van der Waals surface area contributed by atoms with E-state index in [2.05, 4.69) is 20.6 Å². The molecule has 0 saturated carbocycles. The number of hydrogen-bond acceptors (Lipinski definition) is 4. The Morgan fingerprint density at radius 1 is 1.24 bits per heavy atom. The van der Waals surface area contributed by atoms with Crippen LogP contribution in [0, 0.1) is 12.7 Å². The number of rotatable bonds is 5. The summed E-state index contributed by atoms with van der Waals surface area (Å²) >= 11 is 12.2. The Balaban J connectivity index is 2.28. The summed E-state index contributed by atoms with van der Waals surface area (Å²) in [6.45, 7) is 4.57. The van der Waals surface area contributed by atoms with Gasteiger partial charge in [0.25, 0.3) is 0 Å². The Morgan fingerprint density at radius 3 is 2.71 bits per heavy atom. The zero-order chi connectivity index (χ0) is 15.4. The Hall–Kier alpha value is -1.59. The molecule has 0 bridgehead atoms. The van der Waals surface area contributed by atoms with Crippen molar-refractivity contribution in [3.63, 3.8) is 0 Å². The standard InChI is InChI=1S/C14H15Cl2FN4/c1-3-4-18-14-19-7-11(17)13(21-14)20-12-6-9(15)8(2)5-10(12)16/h5-7H,3-4H2,1-2H3,(H2,18,19,20,21). The van der Waals surface area contributed by atoms with Gasteiger partial charge in [-0.3, -0.25) is 0 Å². The van der Waals surface area contributed by atoms with Crippen molar-refractivity contribution in [1.82, 2.24) is 9.97 Å². The van der Waals surface area contributed by atoms with Crippen molar-refractivity contribution in [3.05, 3.63) is 39.8 Å². The van der Waals surface area contributed by atoms with E-state index < -0.39 is 5.82 Å². The smallest absolute Gasteiger partial charge is 0.224 e. The third kappa shape index (κ3) is 3.95. The van der Waals surface area contributed by atoms with Crippen molar-refractivity contribution >= 4 is 40.7 Å². The van der Waals surface area contributed by atoms with E-state index in [0.29, 0.717) is 28.2 Å². The van der Waals surface area contributed by atoms with Gasteiger partial charge in [-0.15, -0.1) is 0 Å². The topological polar surface area (TPSA) is 49.8 Å². The summed E-state index contributed by atoms with van der Waals surface area (Å²) in [5.74, 6) is -0.162. The first-order valence-corrected chi connectivity index (χ1v) is 7.26. The van der Waals surface area contributed by atoms with E-state index in [-0.39, 0.29) is 5.82 Å². The lowest BCUT2D eigenvalue weighted by Gasteiger charge is -2.11. The molecule has 2 rings (SSSR count). The molecule has 1 aromatic heterocycles. The Labute approximate surface area is 132 Å². The second-order valence-electron chi connectivity index (χ2n) is 4.52. The lowest BCUT2D eigenvalue weighted by atomic mass is 10.2. The predicted molar refractivity (Wildman–Crippen MR) is 85.3 cm³/mol. The summed E-state index contributed by atoms with van der Waals surface area (Å²) in [4.78, 5) is 7.96. The molecule has 0 spiro atoms. The first-order valence-electron chi connectivity index (χ1n) is 6.50. The highest BCUT2D eigenvalue weighted by Gasteiger charge is 2.10. The summed E-state index contributed by atoms with van der Waals surface area (Å²) in [5, 5.41) is 6.82. The average Bonchev–Trinajstić information content (AvgIpc) is 2.45. The van der Waals surface area contributed by atoms with Gasteiger partial charge in [0, 0.05) is 11.6 Å². The molecule has 0 saturated heterocycles. The second kappa shape index (κ2) is 6.91. The van der Waals surface area contributed by atoms with Crippen LogP contribution in [0.15, 0.2) is 18.3 Å². The second-order valence-corrected chi connectivity index (χ2v) is 5.34. The largest absolute Gasteiger partial charge is 0.354 e. The molecular weight excluding hydrogens is 314 g/mol. The van der Waals surface area contributed by atoms with Gasteiger partial charge in [0.05, 0.1) is 16.9 Å². The van der Waals surface area contributed by atoms with E-state index >= 15 is 0 Å². The molecule has 0 radical (unpaired) electrons. The normalized spacial score (nSPS) is 10.5. The van der Waals surface area contributed by atoms with Crippen LogP contribution in [-0.4, -0.2) is 16.5 Å². The maximum atomic E-state index is 13.8. The predicted octanol–water partition coefficient (Wildman–Crippen LogP) is 4.80. The molecule has 1 aromatic carbocycles. The number of benzene rings is 1. The van der Waals surface area contributed by atoms with E-state index in [9.17, 15) is 4.39 Å². The molecular formula is C14H15Cl2FN4. The highest BCUT2D eigenvalue weighted by atomic mass is 35.5. The number of halogens is 3. The van der Waals surface area contributed by atoms with Crippen molar-refractivity contribution in [2.24, 2.45) is 0 Å². The van der Waals surface area contributed by atoms with Crippen molar-refractivity contribution in [1.29, 1.82) is 0 Å². The summed E-state index contributed by atoms with van der Waals surface area (Å²) < 4.78 is 13.8. The monoisotopic (exact) mass is 328 g/mol. The third-order valence-corrected chi connectivity index (χ3v) is 3.50. The van der Waals surface area contributed by atoms with Crippen molar-refractivity contribution in [2.75, 3.05) is 17.2 Å². The van der Waals surface area contributed by atoms with E-state index in [4.69, 9.17) is 23.2 Å². The molecule has 0 aliphatic carbocycles. The van der Waals surface area contributed by atoms with Gasteiger partial charge in [-0.05, 0) is 31.0 Å². The van der Waals surface area contributed by atoms with Gasteiger partial charge in [-0.25, -0.2) is 9.37 Å². The molecule has 21 heavy (non-hydrogen) atoms. The molecule has 2 N–H and O–H groups in total. The molecule has 0 aliphatic heterocycles. The molecule has 0 atom stereocenters. The van der Waals surface area contributed by atoms with E-state index in [1.165, 1.54) is 0 Å². The highest BCUT2D eigenvalue weighted by molar-refractivity contribution is 6.35. The van der Waals surface area contributed by atoms with E-state index in [1.807, 2.05) is 13.8 Å². The Morgan fingerprint density at radius 2 is 2.00 bits per heavy atom.